The van der Waals surface area contributed by atoms with Gasteiger partial charge in [0.2, 0.25) is 0 Å². The van der Waals surface area contributed by atoms with Crippen molar-refractivity contribution in [3.8, 4) is 0 Å². The van der Waals surface area contributed by atoms with Gasteiger partial charge in [0.1, 0.15) is 11.6 Å². The maximum absolute atomic E-state index is 13.4. The highest BCUT2D eigenvalue weighted by molar-refractivity contribution is 5.82. The van der Waals surface area contributed by atoms with Crippen LogP contribution in [-0.4, -0.2) is 24.5 Å². The lowest BCUT2D eigenvalue weighted by Crippen LogP contribution is -2.33. The van der Waals surface area contributed by atoms with Crippen molar-refractivity contribution in [2.24, 2.45) is 5.73 Å². The summed E-state index contributed by atoms with van der Waals surface area (Å²) in [7, 11) is 0. The van der Waals surface area contributed by atoms with Crippen molar-refractivity contribution in [2.75, 3.05) is 19.6 Å². The first-order valence-corrected chi connectivity index (χ1v) is 8.39. The zero-order valence-corrected chi connectivity index (χ0v) is 13.6. The first-order valence-electron chi connectivity index (χ1n) is 8.39. The van der Waals surface area contributed by atoms with Crippen LogP contribution in [0.2, 0.25) is 0 Å². The molecule has 0 saturated carbocycles. The predicted octanol–water partition coefficient (Wildman–Crippen LogP) is 4.17. The molecule has 1 heterocycles. The van der Waals surface area contributed by atoms with Crippen LogP contribution in [-0.2, 0) is 0 Å². The predicted molar refractivity (Wildman–Crippen MR) is 93.3 cm³/mol. The molecule has 0 amide bonds. The van der Waals surface area contributed by atoms with E-state index in [-0.39, 0.29) is 11.6 Å². The Balaban J connectivity index is 2.14. The van der Waals surface area contributed by atoms with Gasteiger partial charge >= 0.3 is 0 Å². The van der Waals surface area contributed by atoms with Crippen LogP contribution in [0.5, 0.6) is 0 Å². The van der Waals surface area contributed by atoms with Gasteiger partial charge in [-0.2, -0.15) is 0 Å². The van der Waals surface area contributed by atoms with Crippen molar-refractivity contribution in [3.63, 3.8) is 0 Å². The standard InChI is InChI=1S/C20H22F2N2/c21-17-8-4-15(5-9-17)20(16-6-10-18(22)11-7-16)19-3-1-2-13-24(19)14-12-23/h4-11H,1-3,12-14,23H2. The van der Waals surface area contributed by atoms with Crippen LogP contribution in [0.25, 0.3) is 5.57 Å². The third-order valence-electron chi connectivity index (χ3n) is 4.43. The van der Waals surface area contributed by atoms with E-state index >= 15 is 0 Å². The topological polar surface area (TPSA) is 29.3 Å². The second-order valence-corrected chi connectivity index (χ2v) is 6.07. The van der Waals surface area contributed by atoms with Crippen LogP contribution in [0.3, 0.4) is 0 Å². The minimum atomic E-state index is -0.260. The Hall–Kier alpha value is -2.20. The van der Waals surface area contributed by atoms with Gasteiger partial charge in [0.15, 0.2) is 0 Å². The maximum atomic E-state index is 13.4. The first-order chi connectivity index (χ1) is 11.7. The van der Waals surface area contributed by atoms with Crippen molar-refractivity contribution in [1.82, 2.24) is 4.90 Å². The van der Waals surface area contributed by atoms with E-state index in [2.05, 4.69) is 4.90 Å². The lowest BCUT2D eigenvalue weighted by atomic mass is 9.91. The molecular weight excluding hydrogens is 306 g/mol. The van der Waals surface area contributed by atoms with Crippen molar-refractivity contribution < 1.29 is 8.78 Å². The molecule has 3 rings (SSSR count). The van der Waals surface area contributed by atoms with Crippen molar-refractivity contribution in [2.45, 2.75) is 19.3 Å². The number of hydrogen-bond donors (Lipinski definition) is 1. The minimum absolute atomic E-state index is 0.260. The number of halogens is 2. The molecule has 0 aromatic heterocycles. The average Bonchev–Trinajstić information content (AvgIpc) is 2.60. The fraction of sp³-hybridized carbons (Fsp3) is 0.300. The molecule has 0 atom stereocenters. The van der Waals surface area contributed by atoms with Gasteiger partial charge < -0.3 is 10.6 Å². The zero-order chi connectivity index (χ0) is 16.9. The molecule has 0 radical (unpaired) electrons. The van der Waals surface area contributed by atoms with E-state index in [9.17, 15) is 8.78 Å². The number of benzene rings is 2. The molecular formula is C20H22F2N2. The van der Waals surface area contributed by atoms with Crippen LogP contribution >= 0.6 is 0 Å². The molecule has 0 aliphatic carbocycles. The molecule has 0 bridgehead atoms. The van der Waals surface area contributed by atoms with E-state index in [1.807, 2.05) is 0 Å². The van der Waals surface area contributed by atoms with E-state index < -0.39 is 0 Å². The molecule has 0 spiro atoms. The Morgan fingerprint density at radius 2 is 1.42 bits per heavy atom. The van der Waals surface area contributed by atoms with E-state index in [0.29, 0.717) is 6.54 Å². The number of hydrogen-bond acceptors (Lipinski definition) is 2. The molecule has 0 unspecified atom stereocenters. The van der Waals surface area contributed by atoms with Gasteiger partial charge in [0.05, 0.1) is 0 Å². The Morgan fingerprint density at radius 1 is 0.875 bits per heavy atom. The number of piperidine rings is 1. The monoisotopic (exact) mass is 328 g/mol. The molecule has 4 heteroatoms. The van der Waals surface area contributed by atoms with Gasteiger partial charge in [-0.05, 0) is 54.7 Å². The van der Waals surface area contributed by atoms with Crippen LogP contribution in [0.4, 0.5) is 8.78 Å². The lowest BCUT2D eigenvalue weighted by molar-refractivity contribution is 0.299. The summed E-state index contributed by atoms with van der Waals surface area (Å²) in [5, 5.41) is 0. The van der Waals surface area contributed by atoms with E-state index in [1.165, 1.54) is 30.0 Å². The molecule has 24 heavy (non-hydrogen) atoms. The van der Waals surface area contributed by atoms with Gasteiger partial charge in [-0.3, -0.25) is 0 Å². The minimum Gasteiger partial charge on any atom is -0.373 e. The summed E-state index contributed by atoms with van der Waals surface area (Å²) in [4.78, 5) is 2.31. The SMILES string of the molecule is NCCN1CCCCC1=C(c1ccc(F)cc1)c1ccc(F)cc1. The Kier molecular flexibility index (Phi) is 5.26. The number of nitrogens with zero attached hydrogens (tertiary/aromatic N) is 1. The van der Waals surface area contributed by atoms with Crippen LogP contribution in [0.15, 0.2) is 54.2 Å². The summed E-state index contributed by atoms with van der Waals surface area (Å²) in [5.41, 5.74) is 9.93. The second kappa shape index (κ2) is 7.58. The van der Waals surface area contributed by atoms with Gasteiger partial charge in [-0.25, -0.2) is 8.78 Å². The largest absolute Gasteiger partial charge is 0.373 e. The fourth-order valence-electron chi connectivity index (χ4n) is 3.31. The Morgan fingerprint density at radius 3 is 1.92 bits per heavy atom. The number of nitrogens with two attached hydrogens (primary N) is 1. The normalized spacial score (nSPS) is 14.8. The highest BCUT2D eigenvalue weighted by Gasteiger charge is 2.20. The molecule has 2 N–H and O–H groups in total. The first kappa shape index (κ1) is 16.7. The zero-order valence-electron chi connectivity index (χ0n) is 13.6. The molecule has 126 valence electrons. The highest BCUT2D eigenvalue weighted by Crippen LogP contribution is 2.33. The summed E-state index contributed by atoms with van der Waals surface area (Å²) in [6.45, 7) is 2.35. The molecule has 2 nitrogen and oxygen atoms in total. The van der Waals surface area contributed by atoms with Crippen LogP contribution in [0.1, 0.15) is 30.4 Å². The van der Waals surface area contributed by atoms with Gasteiger partial charge in [0, 0.05) is 30.9 Å². The summed E-state index contributed by atoms with van der Waals surface area (Å²) >= 11 is 0. The van der Waals surface area contributed by atoms with Crippen LogP contribution < -0.4 is 5.73 Å². The lowest BCUT2D eigenvalue weighted by Gasteiger charge is -2.34. The average molecular weight is 328 g/mol. The quantitative estimate of drug-likeness (QED) is 0.913. The number of likely N-dealkylation sites (tertiary alicyclic amines) is 1. The second-order valence-electron chi connectivity index (χ2n) is 6.07. The van der Waals surface area contributed by atoms with E-state index in [1.54, 1.807) is 24.3 Å². The summed E-state index contributed by atoms with van der Waals surface area (Å²) in [5.74, 6) is -0.519. The number of rotatable bonds is 4. The highest BCUT2D eigenvalue weighted by atomic mass is 19.1. The van der Waals surface area contributed by atoms with Crippen molar-refractivity contribution in [1.29, 1.82) is 0 Å². The fourth-order valence-corrected chi connectivity index (χ4v) is 3.31. The van der Waals surface area contributed by atoms with Gasteiger partial charge in [0.25, 0.3) is 0 Å². The van der Waals surface area contributed by atoms with Gasteiger partial charge in [-0.15, -0.1) is 0 Å². The molecule has 1 saturated heterocycles. The molecule has 2 aromatic carbocycles. The van der Waals surface area contributed by atoms with Crippen LogP contribution in [0, 0.1) is 11.6 Å². The Bertz CT molecular complexity index is 656. The third kappa shape index (κ3) is 3.65. The smallest absolute Gasteiger partial charge is 0.123 e. The molecule has 1 aliphatic heterocycles. The van der Waals surface area contributed by atoms with Crippen molar-refractivity contribution in [3.05, 3.63) is 77.0 Å². The van der Waals surface area contributed by atoms with E-state index in [4.69, 9.17) is 5.73 Å². The summed E-state index contributed by atoms with van der Waals surface area (Å²) < 4.78 is 26.7. The molecule has 2 aromatic rings. The van der Waals surface area contributed by atoms with E-state index in [0.717, 1.165) is 49.1 Å². The summed E-state index contributed by atoms with van der Waals surface area (Å²) in [6, 6.07) is 13.0. The van der Waals surface area contributed by atoms with Gasteiger partial charge in [-0.1, -0.05) is 24.3 Å². The molecule has 1 fully saturated rings. The molecule has 1 aliphatic rings. The third-order valence-corrected chi connectivity index (χ3v) is 4.43. The Labute approximate surface area is 141 Å². The number of allylic oxidation sites excluding steroid dienone is 1. The summed E-state index contributed by atoms with van der Waals surface area (Å²) in [6.07, 6.45) is 3.20. The maximum Gasteiger partial charge on any atom is 0.123 e. The van der Waals surface area contributed by atoms with Crippen molar-refractivity contribution >= 4 is 5.57 Å².